The molecule has 0 amide bonds. The third-order valence-electron chi connectivity index (χ3n) is 13.0. The summed E-state index contributed by atoms with van der Waals surface area (Å²) in [5.41, 5.74) is -4.13. The first-order valence-corrected chi connectivity index (χ1v) is 14.2. The molecule has 5 rings (SSSR count). The Morgan fingerprint density at radius 1 is 0.765 bits per heavy atom. The van der Waals surface area contributed by atoms with Gasteiger partial charge in [-0.1, -0.05) is 41.5 Å². The molecule has 5 fully saturated rings. The highest BCUT2D eigenvalue weighted by Gasteiger charge is 2.76. The Hall–Kier alpha value is -0.200. The molecule has 0 radical (unpaired) electrons. The topological polar surface area (TPSA) is 101 Å². The van der Waals surface area contributed by atoms with Crippen LogP contribution in [0.15, 0.2) is 0 Å². The molecular formula is C29H50O5. The van der Waals surface area contributed by atoms with Gasteiger partial charge >= 0.3 is 0 Å². The van der Waals surface area contributed by atoms with E-state index in [0.29, 0.717) is 43.4 Å². The van der Waals surface area contributed by atoms with E-state index in [2.05, 4.69) is 34.6 Å². The smallest absolute Gasteiger partial charge is 0.102 e. The predicted octanol–water partition coefficient (Wildman–Crippen LogP) is 3.74. The van der Waals surface area contributed by atoms with Gasteiger partial charge in [-0.05, 0) is 97.7 Å². The number of aliphatic hydroxyl groups is 5. The average molecular weight is 479 g/mol. The van der Waals surface area contributed by atoms with E-state index in [-0.39, 0.29) is 23.7 Å². The van der Waals surface area contributed by atoms with Gasteiger partial charge in [0.15, 0.2) is 0 Å². The van der Waals surface area contributed by atoms with Crippen LogP contribution in [0.5, 0.6) is 0 Å². The average Bonchev–Trinajstić information content (AvgIpc) is 3.48. The second-order valence-corrected chi connectivity index (χ2v) is 14.4. The lowest BCUT2D eigenvalue weighted by atomic mass is 9.39. The predicted molar refractivity (Wildman–Crippen MR) is 132 cm³/mol. The molecule has 5 aliphatic rings. The van der Waals surface area contributed by atoms with Gasteiger partial charge in [0.1, 0.15) is 11.2 Å². The highest BCUT2D eigenvalue weighted by atomic mass is 16.4. The van der Waals surface area contributed by atoms with Crippen molar-refractivity contribution in [3.05, 3.63) is 0 Å². The number of aliphatic hydroxyl groups excluding tert-OH is 3. The fourth-order valence-electron chi connectivity index (χ4n) is 10.4. The molecule has 0 aromatic heterocycles. The molecule has 0 aromatic carbocycles. The Morgan fingerprint density at radius 3 is 2.09 bits per heavy atom. The van der Waals surface area contributed by atoms with Crippen LogP contribution in [0.4, 0.5) is 0 Å². The molecule has 5 N–H and O–H groups in total. The Kier molecular flexibility index (Phi) is 5.91. The molecule has 0 spiro atoms. The Morgan fingerprint density at radius 2 is 1.44 bits per heavy atom. The van der Waals surface area contributed by atoms with Gasteiger partial charge in [-0.25, -0.2) is 0 Å². The SMILES string of the molecule is CC(C)[C@H](C)[C@@H]1C[C@@H]1[C@@H](C)[C@H]1CCC2C3C[C@@H](O)[C@@]4(O)C[C@@H](O)CC[C@]4(C)[C@@]3(O)[C@H](O)C[C@@]21C. The molecule has 5 aliphatic carbocycles. The fourth-order valence-corrected chi connectivity index (χ4v) is 10.4. The number of fused-ring (bicyclic) bond motifs is 5. The van der Waals surface area contributed by atoms with Crippen molar-refractivity contribution < 1.29 is 25.5 Å². The van der Waals surface area contributed by atoms with Crippen molar-refractivity contribution in [2.45, 2.75) is 122 Å². The van der Waals surface area contributed by atoms with Crippen LogP contribution in [0.1, 0.15) is 92.9 Å². The second-order valence-electron chi connectivity index (χ2n) is 14.4. The first kappa shape index (κ1) is 25.4. The minimum Gasteiger partial charge on any atom is -0.393 e. The van der Waals surface area contributed by atoms with E-state index in [9.17, 15) is 25.5 Å². The van der Waals surface area contributed by atoms with Gasteiger partial charge in [-0.3, -0.25) is 0 Å². The maximum absolute atomic E-state index is 12.4. The van der Waals surface area contributed by atoms with E-state index in [1.807, 2.05) is 6.92 Å². The van der Waals surface area contributed by atoms with Gasteiger partial charge in [0, 0.05) is 11.8 Å². The minimum atomic E-state index is -1.58. The number of hydrogen-bond acceptors (Lipinski definition) is 5. The largest absolute Gasteiger partial charge is 0.393 e. The summed E-state index contributed by atoms with van der Waals surface area (Å²) in [4.78, 5) is 0. The van der Waals surface area contributed by atoms with Crippen molar-refractivity contribution in [2.24, 2.45) is 58.2 Å². The highest BCUT2D eigenvalue weighted by Crippen LogP contribution is 2.71. The van der Waals surface area contributed by atoms with Crippen LogP contribution in [-0.4, -0.2) is 55.0 Å². The third-order valence-corrected chi connectivity index (χ3v) is 13.0. The molecule has 14 atom stereocenters. The van der Waals surface area contributed by atoms with Crippen molar-refractivity contribution in [1.82, 2.24) is 0 Å². The van der Waals surface area contributed by atoms with Crippen molar-refractivity contribution >= 4 is 0 Å². The molecule has 0 saturated heterocycles. The Labute approximate surface area is 206 Å². The summed E-state index contributed by atoms with van der Waals surface area (Å²) in [5, 5.41) is 57.3. The summed E-state index contributed by atoms with van der Waals surface area (Å²) in [7, 11) is 0. The quantitative estimate of drug-likeness (QED) is 0.424. The van der Waals surface area contributed by atoms with E-state index in [1.54, 1.807) is 0 Å². The summed E-state index contributed by atoms with van der Waals surface area (Å²) in [6.45, 7) is 13.7. The molecule has 5 heteroatoms. The van der Waals surface area contributed by atoms with E-state index in [0.717, 1.165) is 30.6 Å². The molecule has 2 unspecified atom stereocenters. The Bertz CT molecular complexity index is 801. The van der Waals surface area contributed by atoms with Gasteiger partial charge in [-0.2, -0.15) is 0 Å². The van der Waals surface area contributed by atoms with E-state index in [1.165, 1.54) is 6.42 Å². The van der Waals surface area contributed by atoms with Crippen molar-refractivity contribution in [1.29, 1.82) is 0 Å². The molecule has 5 saturated carbocycles. The molecule has 0 aliphatic heterocycles. The van der Waals surface area contributed by atoms with Gasteiger partial charge in [0.25, 0.3) is 0 Å². The molecular weight excluding hydrogens is 428 g/mol. The zero-order valence-corrected chi connectivity index (χ0v) is 22.2. The van der Waals surface area contributed by atoms with Crippen LogP contribution < -0.4 is 0 Å². The van der Waals surface area contributed by atoms with Gasteiger partial charge in [0.2, 0.25) is 0 Å². The standard InChI is InChI=1S/C29H50O5/c1-15(2)16(3)19-11-20(19)17(4)21-7-8-22-23-12-24(31)28(33)13-18(30)9-10-27(28,6)29(23,34)25(32)14-26(21,22)5/h15-25,30-34H,7-14H2,1-6H3/t16-,17+,18-,19-,20+,21+,22?,23?,24+,25+,26+,27-,28-,29-/m0/s1. The van der Waals surface area contributed by atoms with Gasteiger partial charge < -0.3 is 25.5 Å². The molecule has 0 bridgehead atoms. The first-order chi connectivity index (χ1) is 15.7. The summed E-state index contributed by atoms with van der Waals surface area (Å²) in [5.74, 6) is 4.13. The van der Waals surface area contributed by atoms with E-state index >= 15 is 0 Å². The molecule has 5 nitrogen and oxygen atoms in total. The second kappa shape index (κ2) is 7.90. The van der Waals surface area contributed by atoms with Crippen molar-refractivity contribution in [3.8, 4) is 0 Å². The van der Waals surface area contributed by atoms with Gasteiger partial charge in [-0.15, -0.1) is 0 Å². The van der Waals surface area contributed by atoms with Gasteiger partial charge in [0.05, 0.1) is 18.3 Å². The van der Waals surface area contributed by atoms with Crippen LogP contribution in [0.25, 0.3) is 0 Å². The maximum atomic E-state index is 12.4. The Balaban J connectivity index is 1.44. The molecule has 0 heterocycles. The van der Waals surface area contributed by atoms with Crippen LogP contribution in [0.2, 0.25) is 0 Å². The minimum absolute atomic E-state index is 0.0606. The van der Waals surface area contributed by atoms with E-state index in [4.69, 9.17) is 0 Å². The molecule has 0 aromatic rings. The third kappa shape index (κ3) is 3.09. The van der Waals surface area contributed by atoms with Crippen molar-refractivity contribution in [3.63, 3.8) is 0 Å². The summed E-state index contributed by atoms with van der Waals surface area (Å²) in [6.07, 6.45) is 2.64. The van der Waals surface area contributed by atoms with Crippen LogP contribution in [0.3, 0.4) is 0 Å². The lowest BCUT2D eigenvalue weighted by Crippen LogP contribution is -2.79. The maximum Gasteiger partial charge on any atom is 0.102 e. The number of rotatable bonds is 4. The zero-order valence-electron chi connectivity index (χ0n) is 22.2. The van der Waals surface area contributed by atoms with E-state index < -0.39 is 34.9 Å². The summed E-state index contributed by atoms with van der Waals surface area (Å²) < 4.78 is 0. The van der Waals surface area contributed by atoms with Crippen LogP contribution in [-0.2, 0) is 0 Å². The lowest BCUT2D eigenvalue weighted by molar-refractivity contribution is -0.348. The number of hydrogen-bond donors (Lipinski definition) is 5. The molecule has 196 valence electrons. The summed E-state index contributed by atoms with van der Waals surface area (Å²) >= 11 is 0. The lowest BCUT2D eigenvalue weighted by Gasteiger charge is -2.70. The zero-order chi connectivity index (χ0) is 25.0. The summed E-state index contributed by atoms with van der Waals surface area (Å²) in [6, 6.07) is 0. The fraction of sp³-hybridized carbons (Fsp3) is 1.00. The van der Waals surface area contributed by atoms with Crippen LogP contribution in [0, 0.1) is 58.2 Å². The van der Waals surface area contributed by atoms with Crippen LogP contribution >= 0.6 is 0 Å². The first-order valence-electron chi connectivity index (χ1n) is 14.2. The monoisotopic (exact) mass is 478 g/mol. The molecule has 34 heavy (non-hydrogen) atoms. The van der Waals surface area contributed by atoms with Crippen molar-refractivity contribution in [2.75, 3.05) is 0 Å². The highest BCUT2D eigenvalue weighted by molar-refractivity contribution is 5.26. The normalized spacial score (nSPS) is 58.6.